The van der Waals surface area contributed by atoms with Gasteiger partial charge >= 0.3 is 0 Å². The quantitative estimate of drug-likeness (QED) is 0.466. The van der Waals surface area contributed by atoms with Crippen LogP contribution in [0.1, 0.15) is 95.5 Å². The first kappa shape index (κ1) is 22.2. The van der Waals surface area contributed by atoms with E-state index in [1.807, 2.05) is 6.07 Å². The molecule has 174 valence electrons. The van der Waals surface area contributed by atoms with Crippen LogP contribution in [0.15, 0.2) is 30.3 Å². The molecule has 3 nitrogen and oxygen atoms in total. The zero-order valence-corrected chi connectivity index (χ0v) is 19.7. The molecule has 0 radical (unpaired) electrons. The highest BCUT2D eigenvalue weighted by Crippen LogP contribution is 2.60. The van der Waals surface area contributed by atoms with Gasteiger partial charge in [-0.2, -0.15) is 0 Å². The Kier molecular flexibility index (Phi) is 6.71. The summed E-state index contributed by atoms with van der Waals surface area (Å²) >= 11 is 0. The van der Waals surface area contributed by atoms with Crippen molar-refractivity contribution in [3.63, 3.8) is 0 Å². The average molecular weight is 436 g/mol. The summed E-state index contributed by atoms with van der Waals surface area (Å²) in [4.78, 5) is 27.1. The Balaban J connectivity index is 1.21. The zero-order valence-electron chi connectivity index (χ0n) is 19.7. The van der Waals surface area contributed by atoms with Gasteiger partial charge in [0.15, 0.2) is 5.78 Å². The van der Waals surface area contributed by atoms with Gasteiger partial charge in [0.05, 0.1) is 6.04 Å². The number of hydrogen-bond donors (Lipinski definition) is 1. The van der Waals surface area contributed by atoms with Crippen LogP contribution in [0.2, 0.25) is 0 Å². The lowest BCUT2D eigenvalue weighted by atomic mass is 9.49. The van der Waals surface area contributed by atoms with Gasteiger partial charge in [0.1, 0.15) is 0 Å². The van der Waals surface area contributed by atoms with E-state index in [1.54, 1.807) is 0 Å². The fourth-order valence-corrected chi connectivity index (χ4v) is 8.04. The maximum absolute atomic E-state index is 13.7. The molecule has 5 fully saturated rings. The maximum atomic E-state index is 13.7. The van der Waals surface area contributed by atoms with Gasteiger partial charge in [-0.25, -0.2) is 0 Å². The Morgan fingerprint density at radius 2 is 1.50 bits per heavy atom. The van der Waals surface area contributed by atoms with Crippen LogP contribution in [0.5, 0.6) is 0 Å². The van der Waals surface area contributed by atoms with Gasteiger partial charge in [-0.15, -0.1) is 0 Å². The van der Waals surface area contributed by atoms with Crippen LogP contribution in [0.4, 0.5) is 0 Å². The number of carbonyl (C=O) groups excluding carboxylic acids is 2. The number of benzene rings is 1. The minimum Gasteiger partial charge on any atom is -0.346 e. The number of amides is 1. The third-order valence-electron chi connectivity index (χ3n) is 9.26. The third-order valence-corrected chi connectivity index (χ3v) is 9.26. The largest absolute Gasteiger partial charge is 0.346 e. The number of aryl methyl sites for hydroxylation is 1. The number of Topliss-reactive ketones (excluding diaryl/α,β-unsaturated/α-hetero) is 1. The van der Waals surface area contributed by atoms with Crippen LogP contribution in [0.3, 0.4) is 0 Å². The molecule has 5 saturated carbocycles. The van der Waals surface area contributed by atoms with Crippen molar-refractivity contribution in [1.29, 1.82) is 0 Å². The molecule has 1 aromatic carbocycles. The molecule has 0 spiro atoms. The lowest BCUT2D eigenvalue weighted by Crippen LogP contribution is -2.57. The molecule has 5 aliphatic carbocycles. The molecule has 0 aliphatic heterocycles. The summed E-state index contributed by atoms with van der Waals surface area (Å²) in [5, 5.41) is 3.41. The molecule has 3 heteroatoms. The molecule has 0 unspecified atom stereocenters. The molecule has 1 N–H and O–H groups in total. The summed E-state index contributed by atoms with van der Waals surface area (Å²) in [7, 11) is 0. The van der Waals surface area contributed by atoms with Crippen LogP contribution in [0, 0.1) is 29.1 Å². The summed E-state index contributed by atoms with van der Waals surface area (Å²) < 4.78 is 0. The van der Waals surface area contributed by atoms with Crippen molar-refractivity contribution in [3.05, 3.63) is 35.9 Å². The van der Waals surface area contributed by atoms with E-state index < -0.39 is 0 Å². The number of hydrogen-bond acceptors (Lipinski definition) is 2. The topological polar surface area (TPSA) is 46.2 Å². The molecule has 6 rings (SSSR count). The number of ketones is 1. The monoisotopic (exact) mass is 435 g/mol. The number of nitrogens with one attached hydrogen (secondary N) is 1. The Bertz CT molecular complexity index is 759. The predicted octanol–water partition coefficient (Wildman–Crippen LogP) is 6.25. The molecule has 32 heavy (non-hydrogen) atoms. The van der Waals surface area contributed by atoms with Crippen molar-refractivity contribution in [2.24, 2.45) is 29.1 Å². The van der Waals surface area contributed by atoms with Crippen LogP contribution in [-0.4, -0.2) is 17.7 Å². The third kappa shape index (κ3) is 4.82. The molecule has 4 bridgehead atoms. The number of carbonyl (C=O) groups is 2. The second-order valence-corrected chi connectivity index (χ2v) is 11.7. The van der Waals surface area contributed by atoms with E-state index >= 15 is 0 Å². The summed E-state index contributed by atoms with van der Waals surface area (Å²) in [6.07, 6.45) is 16.7. The lowest BCUT2D eigenvalue weighted by molar-refractivity contribution is -0.149. The maximum Gasteiger partial charge on any atom is 0.226 e. The summed E-state index contributed by atoms with van der Waals surface area (Å²) in [6.45, 7) is 0. The minimum atomic E-state index is -0.243. The predicted molar refractivity (Wildman–Crippen MR) is 128 cm³/mol. The first-order chi connectivity index (χ1) is 15.6. The summed E-state index contributed by atoms with van der Waals surface area (Å²) in [5.41, 5.74) is 1.19. The Labute approximate surface area is 194 Å². The first-order valence-corrected chi connectivity index (χ1v) is 13.5. The summed E-state index contributed by atoms with van der Waals surface area (Å²) in [6, 6.07) is 10.3. The highest BCUT2D eigenvalue weighted by atomic mass is 16.2. The second kappa shape index (κ2) is 9.69. The van der Waals surface area contributed by atoms with Crippen molar-refractivity contribution >= 4 is 11.7 Å². The SMILES string of the molecule is O=C(CCCCc1ccccc1)[C@@H](NC(=O)C12CC3CC(CC(C3)C1)C2)C1CCCCC1. The highest BCUT2D eigenvalue weighted by Gasteiger charge is 2.55. The standard InChI is InChI=1S/C29H41NO2/c31-26(14-8-7-11-21-9-3-1-4-10-21)27(25-12-5-2-6-13-25)30-28(32)29-18-22-15-23(19-29)17-24(16-22)20-29/h1,3-4,9-10,22-25,27H,2,5-8,11-20H2,(H,30,32)/t22?,23?,24?,27-,29?/m0/s1. The first-order valence-electron chi connectivity index (χ1n) is 13.5. The van der Waals surface area contributed by atoms with Crippen molar-refractivity contribution in [1.82, 2.24) is 5.32 Å². The van der Waals surface area contributed by atoms with Crippen LogP contribution in [-0.2, 0) is 16.0 Å². The molecule has 0 heterocycles. The molecule has 5 aliphatic rings. The smallest absolute Gasteiger partial charge is 0.226 e. The molecular weight excluding hydrogens is 394 g/mol. The molecular formula is C29H41NO2. The Morgan fingerprint density at radius 3 is 2.12 bits per heavy atom. The number of unbranched alkanes of at least 4 members (excludes halogenated alkanes) is 1. The fourth-order valence-electron chi connectivity index (χ4n) is 8.04. The number of rotatable bonds is 9. The van der Waals surface area contributed by atoms with Gasteiger partial charge < -0.3 is 5.32 Å². The van der Waals surface area contributed by atoms with Gasteiger partial charge in [-0.1, -0.05) is 49.6 Å². The van der Waals surface area contributed by atoms with Crippen molar-refractivity contribution in [2.75, 3.05) is 0 Å². The Hall–Kier alpha value is -1.64. The normalized spacial score (nSPS) is 32.6. The van der Waals surface area contributed by atoms with E-state index in [-0.39, 0.29) is 17.4 Å². The van der Waals surface area contributed by atoms with E-state index in [1.165, 1.54) is 44.1 Å². The second-order valence-electron chi connectivity index (χ2n) is 11.7. The van der Waals surface area contributed by atoms with E-state index in [0.29, 0.717) is 18.1 Å². The average Bonchev–Trinajstić information content (AvgIpc) is 2.80. The highest BCUT2D eigenvalue weighted by molar-refractivity contribution is 5.91. The molecule has 1 aromatic rings. The van der Waals surface area contributed by atoms with Crippen LogP contribution >= 0.6 is 0 Å². The van der Waals surface area contributed by atoms with Crippen molar-refractivity contribution in [2.45, 2.75) is 102 Å². The zero-order chi connectivity index (χ0) is 22.0. The van der Waals surface area contributed by atoms with Gasteiger partial charge in [0.25, 0.3) is 0 Å². The van der Waals surface area contributed by atoms with E-state index in [2.05, 4.69) is 29.6 Å². The molecule has 1 atom stereocenters. The Morgan fingerprint density at radius 1 is 0.875 bits per heavy atom. The van der Waals surface area contributed by atoms with E-state index in [0.717, 1.165) is 69.1 Å². The minimum absolute atomic E-state index is 0.157. The van der Waals surface area contributed by atoms with E-state index in [9.17, 15) is 9.59 Å². The fraction of sp³-hybridized carbons (Fsp3) is 0.724. The van der Waals surface area contributed by atoms with Gasteiger partial charge in [0, 0.05) is 11.8 Å². The molecule has 0 aromatic heterocycles. The van der Waals surface area contributed by atoms with Crippen LogP contribution in [0.25, 0.3) is 0 Å². The molecule has 0 saturated heterocycles. The van der Waals surface area contributed by atoms with Gasteiger partial charge in [-0.05, 0) is 99.9 Å². The summed E-state index contributed by atoms with van der Waals surface area (Å²) in [5.74, 6) is 3.16. The van der Waals surface area contributed by atoms with E-state index in [4.69, 9.17) is 0 Å². The molecule has 1 amide bonds. The van der Waals surface area contributed by atoms with Gasteiger partial charge in [0.2, 0.25) is 5.91 Å². The van der Waals surface area contributed by atoms with Crippen molar-refractivity contribution in [3.8, 4) is 0 Å². The van der Waals surface area contributed by atoms with Gasteiger partial charge in [-0.3, -0.25) is 9.59 Å². The van der Waals surface area contributed by atoms with Crippen LogP contribution < -0.4 is 5.32 Å². The lowest BCUT2D eigenvalue weighted by Gasteiger charge is -2.56. The van der Waals surface area contributed by atoms with Crippen molar-refractivity contribution < 1.29 is 9.59 Å².